The largest absolute Gasteiger partial charge is 0.496 e. The molecule has 0 bridgehead atoms. The Hall–Kier alpha value is -1.65. The van der Waals surface area contributed by atoms with Crippen LogP contribution in [-0.2, 0) is 10.7 Å². The van der Waals surface area contributed by atoms with Gasteiger partial charge in [0, 0.05) is 12.0 Å². The Morgan fingerprint density at radius 1 is 1.33 bits per heavy atom. The van der Waals surface area contributed by atoms with Gasteiger partial charge in [-0.2, -0.15) is 0 Å². The molecule has 0 spiro atoms. The number of hydrogen-bond acceptors (Lipinski definition) is 2. The fourth-order valence-electron chi connectivity index (χ4n) is 1.89. The summed E-state index contributed by atoms with van der Waals surface area (Å²) in [6.45, 7) is 3.37. The Kier molecular flexibility index (Phi) is 4.27. The second kappa shape index (κ2) is 5.33. The van der Waals surface area contributed by atoms with Crippen molar-refractivity contribution in [2.45, 2.75) is 32.6 Å². The molecule has 100 valence electrons. The Bertz CT molecular complexity index is 433. The smallest absolute Gasteiger partial charge is 0.303 e. The van der Waals surface area contributed by atoms with Crippen molar-refractivity contribution in [1.82, 2.24) is 0 Å². The van der Waals surface area contributed by atoms with E-state index in [0.29, 0.717) is 16.9 Å². The number of carbonyl (C=O) groups is 1. The summed E-state index contributed by atoms with van der Waals surface area (Å²) in [6, 6.07) is 2.68. The van der Waals surface area contributed by atoms with Gasteiger partial charge in [0.05, 0.1) is 13.5 Å². The van der Waals surface area contributed by atoms with Gasteiger partial charge >= 0.3 is 5.97 Å². The van der Waals surface area contributed by atoms with Crippen molar-refractivity contribution in [3.63, 3.8) is 0 Å². The predicted molar refractivity (Wildman–Crippen MR) is 63.2 cm³/mol. The summed E-state index contributed by atoms with van der Waals surface area (Å²) in [4.78, 5) is 10.4. The fourth-order valence-corrected chi connectivity index (χ4v) is 1.89. The highest BCUT2D eigenvalue weighted by Gasteiger charge is 2.32. The van der Waals surface area contributed by atoms with Gasteiger partial charge in [0.2, 0.25) is 0 Å². The number of carboxylic acids is 1. The molecule has 5 heteroatoms. The zero-order chi connectivity index (χ0) is 13.9. The monoisotopic (exact) mass is 258 g/mol. The first kappa shape index (κ1) is 14.4. The number of carboxylic acid groups (broad SMARTS) is 1. The third kappa shape index (κ3) is 3.18. The van der Waals surface area contributed by atoms with Crippen LogP contribution in [0.3, 0.4) is 0 Å². The number of alkyl halides is 2. The minimum absolute atomic E-state index is 0.167. The lowest BCUT2D eigenvalue weighted by atomic mass is 9.98. The molecule has 0 saturated heterocycles. The van der Waals surface area contributed by atoms with E-state index in [2.05, 4.69) is 0 Å². The highest BCUT2D eigenvalue weighted by atomic mass is 19.3. The Morgan fingerprint density at radius 3 is 2.22 bits per heavy atom. The molecule has 3 nitrogen and oxygen atoms in total. The van der Waals surface area contributed by atoms with E-state index in [4.69, 9.17) is 9.84 Å². The summed E-state index contributed by atoms with van der Waals surface area (Å²) >= 11 is 0. The van der Waals surface area contributed by atoms with Crippen LogP contribution in [0.4, 0.5) is 8.78 Å². The molecule has 1 aromatic carbocycles. The van der Waals surface area contributed by atoms with Crippen molar-refractivity contribution in [2.75, 3.05) is 7.11 Å². The lowest BCUT2D eigenvalue weighted by molar-refractivity contribution is -0.139. The summed E-state index contributed by atoms with van der Waals surface area (Å²) in [7, 11) is 1.48. The van der Waals surface area contributed by atoms with Gasteiger partial charge in [-0.15, -0.1) is 0 Å². The summed E-state index contributed by atoms with van der Waals surface area (Å²) in [5.74, 6) is -3.79. The van der Waals surface area contributed by atoms with Gasteiger partial charge in [-0.1, -0.05) is 0 Å². The number of aliphatic carboxylic acids is 1. The average Bonchev–Trinajstić information content (AvgIpc) is 2.26. The lowest BCUT2D eigenvalue weighted by Crippen LogP contribution is -2.16. The molecule has 0 atom stereocenters. The number of methoxy groups -OCH3 is 1. The number of halogens is 2. The molecule has 0 fully saturated rings. The fraction of sp³-hybridized carbons (Fsp3) is 0.462. The van der Waals surface area contributed by atoms with Crippen LogP contribution in [0.15, 0.2) is 12.1 Å². The van der Waals surface area contributed by atoms with Crippen LogP contribution >= 0.6 is 0 Å². The maximum Gasteiger partial charge on any atom is 0.303 e. The molecule has 0 aromatic heterocycles. The van der Waals surface area contributed by atoms with Crippen LogP contribution in [0, 0.1) is 13.8 Å². The Labute approximate surface area is 104 Å². The van der Waals surface area contributed by atoms with Crippen molar-refractivity contribution < 1.29 is 23.4 Å². The molecule has 0 aliphatic heterocycles. The molecule has 1 rings (SSSR count). The van der Waals surface area contributed by atoms with Crippen molar-refractivity contribution in [3.8, 4) is 5.75 Å². The van der Waals surface area contributed by atoms with Gasteiger partial charge in [-0.05, 0) is 37.1 Å². The zero-order valence-corrected chi connectivity index (χ0v) is 10.6. The summed E-state index contributed by atoms with van der Waals surface area (Å²) in [6.07, 6.45) is -1.26. The third-order valence-electron chi connectivity index (χ3n) is 2.74. The molecule has 1 aromatic rings. The van der Waals surface area contributed by atoms with Crippen LogP contribution in [0.5, 0.6) is 5.75 Å². The molecule has 0 unspecified atom stereocenters. The first-order valence-electron chi connectivity index (χ1n) is 5.53. The van der Waals surface area contributed by atoms with E-state index in [9.17, 15) is 13.6 Å². The molecule has 0 aliphatic carbocycles. The minimum atomic E-state index is -3.14. The Morgan fingerprint density at radius 2 is 1.83 bits per heavy atom. The Balaban J connectivity index is 3.05. The standard InChI is InChI=1S/C13H16F2O3/c1-8-6-10(7-9(2)12(8)18-3)13(14,15)5-4-11(16)17/h6-7H,4-5H2,1-3H3,(H,16,17). The zero-order valence-electron chi connectivity index (χ0n) is 10.6. The predicted octanol–water partition coefficient (Wildman–Crippen LogP) is 3.27. The maximum atomic E-state index is 13.8. The SMILES string of the molecule is COc1c(C)cc(C(F)(F)CCC(=O)O)cc1C. The van der Waals surface area contributed by atoms with Gasteiger partial charge in [-0.3, -0.25) is 4.79 Å². The van der Waals surface area contributed by atoms with Gasteiger partial charge < -0.3 is 9.84 Å². The van der Waals surface area contributed by atoms with Crippen molar-refractivity contribution in [1.29, 1.82) is 0 Å². The van der Waals surface area contributed by atoms with E-state index < -0.39 is 24.7 Å². The first-order chi connectivity index (χ1) is 8.27. The molecule has 0 aliphatic rings. The summed E-state index contributed by atoms with van der Waals surface area (Å²) < 4.78 is 32.7. The van der Waals surface area contributed by atoms with E-state index in [1.165, 1.54) is 19.2 Å². The summed E-state index contributed by atoms with van der Waals surface area (Å²) in [5.41, 5.74) is 1.06. The number of rotatable bonds is 5. The topological polar surface area (TPSA) is 46.5 Å². The van der Waals surface area contributed by atoms with E-state index in [-0.39, 0.29) is 5.56 Å². The molecule has 1 N–H and O–H groups in total. The second-order valence-corrected chi connectivity index (χ2v) is 4.24. The number of benzene rings is 1. The molecule has 0 radical (unpaired) electrons. The summed E-state index contributed by atoms with van der Waals surface area (Å²) in [5, 5.41) is 8.46. The van der Waals surface area contributed by atoms with E-state index >= 15 is 0 Å². The molecule has 0 heterocycles. The highest BCUT2D eigenvalue weighted by molar-refractivity contribution is 5.66. The molecule has 0 amide bonds. The van der Waals surface area contributed by atoms with Crippen molar-refractivity contribution in [2.24, 2.45) is 0 Å². The van der Waals surface area contributed by atoms with Gasteiger partial charge in [0.1, 0.15) is 5.75 Å². The van der Waals surface area contributed by atoms with E-state index in [1.54, 1.807) is 13.8 Å². The van der Waals surface area contributed by atoms with Crippen LogP contribution in [0.25, 0.3) is 0 Å². The van der Waals surface area contributed by atoms with E-state index in [0.717, 1.165) is 0 Å². The van der Waals surface area contributed by atoms with Crippen LogP contribution in [0.2, 0.25) is 0 Å². The normalized spacial score (nSPS) is 11.4. The molecule has 0 saturated carbocycles. The quantitative estimate of drug-likeness (QED) is 0.881. The first-order valence-corrected chi connectivity index (χ1v) is 5.53. The maximum absolute atomic E-state index is 13.8. The van der Waals surface area contributed by atoms with Gasteiger partial charge in [0.15, 0.2) is 0 Å². The van der Waals surface area contributed by atoms with Crippen LogP contribution < -0.4 is 4.74 Å². The highest BCUT2D eigenvalue weighted by Crippen LogP contribution is 2.36. The number of ether oxygens (including phenoxy) is 1. The van der Waals surface area contributed by atoms with Crippen LogP contribution in [-0.4, -0.2) is 18.2 Å². The van der Waals surface area contributed by atoms with Gasteiger partial charge in [0.25, 0.3) is 5.92 Å². The molecular formula is C13H16F2O3. The second-order valence-electron chi connectivity index (χ2n) is 4.24. The van der Waals surface area contributed by atoms with Gasteiger partial charge in [-0.25, -0.2) is 8.78 Å². The molecule has 18 heavy (non-hydrogen) atoms. The lowest BCUT2D eigenvalue weighted by Gasteiger charge is -2.18. The molecular weight excluding hydrogens is 242 g/mol. The van der Waals surface area contributed by atoms with E-state index in [1.807, 2.05) is 0 Å². The average molecular weight is 258 g/mol. The number of hydrogen-bond donors (Lipinski definition) is 1. The van der Waals surface area contributed by atoms with Crippen molar-refractivity contribution in [3.05, 3.63) is 28.8 Å². The van der Waals surface area contributed by atoms with Crippen LogP contribution in [0.1, 0.15) is 29.5 Å². The van der Waals surface area contributed by atoms with Crippen molar-refractivity contribution >= 4 is 5.97 Å². The number of aryl methyl sites for hydroxylation is 2. The minimum Gasteiger partial charge on any atom is -0.496 e. The third-order valence-corrected chi connectivity index (χ3v) is 2.74.